The van der Waals surface area contributed by atoms with E-state index in [4.69, 9.17) is 9.94 Å². The number of nitrogens with zero attached hydrogens (tertiary/aromatic N) is 2. The van der Waals surface area contributed by atoms with Crippen LogP contribution in [0, 0.1) is 0 Å². The van der Waals surface area contributed by atoms with Crippen LogP contribution < -0.4 is 0 Å². The molecule has 1 N–H and O–H groups in total. The van der Waals surface area contributed by atoms with Crippen LogP contribution in [0.3, 0.4) is 0 Å². The topological polar surface area (TPSA) is 70.1 Å². The highest BCUT2D eigenvalue weighted by Crippen LogP contribution is 2.12. The van der Waals surface area contributed by atoms with Gasteiger partial charge in [0.1, 0.15) is 6.04 Å². The van der Waals surface area contributed by atoms with Crippen molar-refractivity contribution in [1.29, 1.82) is 0 Å². The molecule has 0 spiro atoms. The lowest BCUT2D eigenvalue weighted by Gasteiger charge is -2.29. The molecule has 20 heavy (non-hydrogen) atoms. The van der Waals surface area contributed by atoms with Gasteiger partial charge in [0.05, 0.1) is 0 Å². The number of hydroxylamine groups is 2. The minimum atomic E-state index is -0.833. The normalized spacial score (nSPS) is 12.7. The summed E-state index contributed by atoms with van der Waals surface area (Å²) in [7, 11) is 0. The van der Waals surface area contributed by atoms with Gasteiger partial charge in [0, 0.05) is 19.5 Å². The molecule has 6 heteroatoms. The van der Waals surface area contributed by atoms with Crippen molar-refractivity contribution in [3.63, 3.8) is 0 Å². The Morgan fingerprint density at radius 2 is 1.60 bits per heavy atom. The highest BCUT2D eigenvalue weighted by atomic mass is 16.7. The fourth-order valence-corrected chi connectivity index (χ4v) is 2.10. The number of carbonyl (C=O) groups is 2. The van der Waals surface area contributed by atoms with E-state index in [-0.39, 0.29) is 18.4 Å². The van der Waals surface area contributed by atoms with Crippen LogP contribution in [0.2, 0.25) is 0 Å². The van der Waals surface area contributed by atoms with Crippen LogP contribution in [0.5, 0.6) is 0 Å². The van der Waals surface area contributed by atoms with E-state index in [9.17, 15) is 9.59 Å². The molecule has 1 atom stereocenters. The van der Waals surface area contributed by atoms with Crippen molar-refractivity contribution in [3.05, 3.63) is 0 Å². The largest absolute Gasteiger partial charge is 0.481 e. The van der Waals surface area contributed by atoms with E-state index < -0.39 is 5.97 Å². The van der Waals surface area contributed by atoms with Crippen molar-refractivity contribution in [3.8, 4) is 0 Å². The van der Waals surface area contributed by atoms with E-state index in [2.05, 4.69) is 0 Å². The number of hydrogen-bond acceptors (Lipinski definition) is 5. The molecule has 0 aliphatic carbocycles. The monoisotopic (exact) mass is 288 g/mol. The number of hydrogen-bond donors (Lipinski definition) is 1. The van der Waals surface area contributed by atoms with E-state index >= 15 is 0 Å². The van der Waals surface area contributed by atoms with Crippen LogP contribution in [-0.2, 0) is 14.4 Å². The van der Waals surface area contributed by atoms with Crippen molar-refractivity contribution >= 4 is 11.9 Å². The third-order valence-corrected chi connectivity index (χ3v) is 3.32. The van der Waals surface area contributed by atoms with Gasteiger partial charge in [-0.05, 0) is 39.8 Å². The Kier molecular flexibility index (Phi) is 10.0. The molecule has 0 saturated heterocycles. The van der Waals surface area contributed by atoms with Crippen LogP contribution >= 0.6 is 0 Å². The minimum absolute atomic E-state index is 0.0797. The van der Waals surface area contributed by atoms with Gasteiger partial charge in [0.25, 0.3) is 0 Å². The van der Waals surface area contributed by atoms with Gasteiger partial charge in [-0.2, -0.15) is 0 Å². The second-order valence-corrected chi connectivity index (χ2v) is 4.55. The van der Waals surface area contributed by atoms with Crippen molar-refractivity contribution in [1.82, 2.24) is 9.96 Å². The van der Waals surface area contributed by atoms with E-state index in [1.807, 2.05) is 32.6 Å². The highest BCUT2D eigenvalue weighted by Gasteiger charge is 2.26. The minimum Gasteiger partial charge on any atom is -0.481 e. The summed E-state index contributed by atoms with van der Waals surface area (Å²) < 4.78 is 0. The number of carboxylic acid groups (broad SMARTS) is 1. The lowest BCUT2D eigenvalue weighted by atomic mass is 10.1. The molecule has 0 fully saturated rings. The zero-order chi connectivity index (χ0) is 15.5. The maximum atomic E-state index is 12.3. The maximum Gasteiger partial charge on any atom is 0.342 e. The summed E-state index contributed by atoms with van der Waals surface area (Å²) in [5.74, 6) is -1.12. The van der Waals surface area contributed by atoms with Crippen LogP contribution in [0.15, 0.2) is 0 Å². The SMILES string of the molecule is CCN(CC)OC(=O)C(CCCC(=O)O)N(CC)CC. The molecule has 0 aromatic heterocycles. The Hall–Kier alpha value is -1.14. The van der Waals surface area contributed by atoms with Crippen LogP contribution in [0.1, 0.15) is 47.0 Å². The van der Waals surface area contributed by atoms with Crippen molar-refractivity contribution in [2.45, 2.75) is 53.0 Å². The van der Waals surface area contributed by atoms with Crippen molar-refractivity contribution in [2.24, 2.45) is 0 Å². The molecular weight excluding hydrogens is 260 g/mol. The Morgan fingerprint density at radius 3 is 2.00 bits per heavy atom. The van der Waals surface area contributed by atoms with Gasteiger partial charge in [-0.3, -0.25) is 9.69 Å². The van der Waals surface area contributed by atoms with Gasteiger partial charge in [0.2, 0.25) is 0 Å². The summed E-state index contributed by atoms with van der Waals surface area (Å²) >= 11 is 0. The fraction of sp³-hybridized carbons (Fsp3) is 0.857. The first-order valence-electron chi connectivity index (χ1n) is 7.42. The van der Waals surface area contributed by atoms with Gasteiger partial charge in [0.15, 0.2) is 0 Å². The quantitative estimate of drug-likeness (QED) is 0.584. The molecular formula is C14H28N2O4. The molecule has 0 heterocycles. The second-order valence-electron chi connectivity index (χ2n) is 4.55. The summed E-state index contributed by atoms with van der Waals surface area (Å²) in [5, 5.41) is 10.3. The first-order chi connectivity index (χ1) is 9.49. The Balaban J connectivity index is 4.64. The number of aliphatic carboxylic acids is 1. The molecule has 0 aliphatic heterocycles. The molecule has 1 unspecified atom stereocenters. The van der Waals surface area contributed by atoms with Crippen LogP contribution in [0.4, 0.5) is 0 Å². The summed E-state index contributed by atoms with van der Waals surface area (Å²) in [4.78, 5) is 30.2. The van der Waals surface area contributed by atoms with Gasteiger partial charge >= 0.3 is 11.9 Å². The molecule has 0 aromatic carbocycles. The molecule has 0 bridgehead atoms. The predicted molar refractivity (Wildman–Crippen MR) is 77.2 cm³/mol. The molecule has 0 rings (SSSR count). The van der Waals surface area contributed by atoms with Crippen LogP contribution in [0.25, 0.3) is 0 Å². The molecule has 0 aliphatic rings. The van der Waals surface area contributed by atoms with Gasteiger partial charge in [-0.25, -0.2) is 4.79 Å². The van der Waals surface area contributed by atoms with E-state index in [1.54, 1.807) is 5.06 Å². The average Bonchev–Trinajstić information content (AvgIpc) is 2.43. The molecule has 0 radical (unpaired) electrons. The van der Waals surface area contributed by atoms with E-state index in [1.165, 1.54) is 0 Å². The summed E-state index contributed by atoms with van der Waals surface area (Å²) in [6.07, 6.45) is 1.06. The number of carboxylic acids is 1. The lowest BCUT2D eigenvalue weighted by Crippen LogP contribution is -2.44. The van der Waals surface area contributed by atoms with E-state index in [0.29, 0.717) is 25.9 Å². The number of carbonyl (C=O) groups excluding carboxylic acids is 1. The number of likely N-dealkylation sites (N-methyl/N-ethyl adjacent to an activating group) is 1. The fourth-order valence-electron chi connectivity index (χ4n) is 2.10. The van der Waals surface area contributed by atoms with Gasteiger partial charge in [-0.1, -0.05) is 13.8 Å². The molecule has 0 amide bonds. The molecule has 118 valence electrons. The molecule has 6 nitrogen and oxygen atoms in total. The summed E-state index contributed by atoms with van der Waals surface area (Å²) in [6, 6.07) is -0.370. The summed E-state index contributed by atoms with van der Waals surface area (Å²) in [6.45, 7) is 10.6. The maximum absolute atomic E-state index is 12.3. The summed E-state index contributed by atoms with van der Waals surface area (Å²) in [5.41, 5.74) is 0. The second kappa shape index (κ2) is 10.6. The van der Waals surface area contributed by atoms with Gasteiger partial charge < -0.3 is 9.94 Å². The third-order valence-electron chi connectivity index (χ3n) is 3.32. The molecule has 0 aromatic rings. The Labute approximate surface area is 121 Å². The Bertz CT molecular complexity index is 289. The first-order valence-corrected chi connectivity index (χ1v) is 7.42. The zero-order valence-corrected chi connectivity index (χ0v) is 13.1. The Morgan fingerprint density at radius 1 is 1.05 bits per heavy atom. The van der Waals surface area contributed by atoms with Crippen molar-refractivity contribution in [2.75, 3.05) is 26.2 Å². The third kappa shape index (κ3) is 6.86. The average molecular weight is 288 g/mol. The van der Waals surface area contributed by atoms with Gasteiger partial charge in [-0.15, -0.1) is 5.06 Å². The highest BCUT2D eigenvalue weighted by molar-refractivity contribution is 5.75. The predicted octanol–water partition coefficient (Wildman–Crippen LogP) is 1.75. The first kappa shape index (κ1) is 18.9. The zero-order valence-electron chi connectivity index (χ0n) is 13.1. The standard InChI is InChI=1S/C14H28N2O4/c1-5-15(6-2)12(10-9-11-13(17)18)14(19)20-16(7-3)8-4/h12H,5-11H2,1-4H3,(H,17,18). The van der Waals surface area contributed by atoms with Crippen LogP contribution in [-0.4, -0.2) is 59.2 Å². The van der Waals surface area contributed by atoms with E-state index in [0.717, 1.165) is 13.1 Å². The number of rotatable bonds is 11. The molecule has 0 saturated carbocycles. The van der Waals surface area contributed by atoms with Crippen molar-refractivity contribution < 1.29 is 19.5 Å². The lowest BCUT2D eigenvalue weighted by molar-refractivity contribution is -0.195. The smallest absolute Gasteiger partial charge is 0.342 e.